The molecule has 0 radical (unpaired) electrons. The van der Waals surface area contributed by atoms with E-state index in [-0.39, 0.29) is 51.4 Å². The molecule has 2 saturated carbocycles. The minimum absolute atomic E-state index is 0. The van der Waals surface area contributed by atoms with Crippen molar-refractivity contribution in [3.05, 3.63) is 18.3 Å². The lowest BCUT2D eigenvalue weighted by atomic mass is 9.66. The van der Waals surface area contributed by atoms with Crippen molar-refractivity contribution in [2.75, 3.05) is 25.0 Å². The van der Waals surface area contributed by atoms with Gasteiger partial charge in [0.25, 0.3) is 0 Å². The zero-order valence-corrected chi connectivity index (χ0v) is 22.1. The molecular formula is C26H39BrN4O4. The van der Waals surface area contributed by atoms with E-state index in [1.54, 1.807) is 18.3 Å². The molecule has 35 heavy (non-hydrogen) atoms. The maximum absolute atomic E-state index is 13.8. The fourth-order valence-electron chi connectivity index (χ4n) is 7.13. The Morgan fingerprint density at radius 3 is 2.11 bits per heavy atom. The molecule has 0 spiro atoms. The SMILES string of the molecule is O=C(O[C@H]1C[N+]2(C(=O)Nc3cccnn3)CCC1CC2)C(O)(C1CCCCC1)C1CCCCC1.[Br-]. The molecule has 1 aromatic rings. The molecule has 8 nitrogen and oxygen atoms in total. The zero-order valence-electron chi connectivity index (χ0n) is 20.5. The summed E-state index contributed by atoms with van der Waals surface area (Å²) in [5, 5.41) is 22.8. The van der Waals surface area contributed by atoms with Crippen molar-refractivity contribution in [2.45, 2.75) is 88.8 Å². The second-order valence-corrected chi connectivity index (χ2v) is 11.1. The summed E-state index contributed by atoms with van der Waals surface area (Å²) in [5.74, 6) is 0.250. The van der Waals surface area contributed by atoms with Crippen molar-refractivity contribution in [1.29, 1.82) is 0 Å². The normalized spacial score (nSPS) is 29.7. The number of fused-ring (bicyclic) bond motifs is 3. The second-order valence-electron chi connectivity index (χ2n) is 11.1. The molecule has 2 N–H and O–H groups in total. The third-order valence-corrected chi connectivity index (χ3v) is 9.19. The number of aromatic nitrogens is 2. The summed E-state index contributed by atoms with van der Waals surface area (Å²) in [7, 11) is 0. The first-order chi connectivity index (χ1) is 16.5. The predicted molar refractivity (Wildman–Crippen MR) is 127 cm³/mol. The smallest absolute Gasteiger partial charge is 0.422 e. The molecule has 0 aromatic carbocycles. The number of hydrogen-bond acceptors (Lipinski definition) is 6. The fraction of sp³-hybridized carbons (Fsp3) is 0.769. The van der Waals surface area contributed by atoms with Crippen LogP contribution in [0, 0.1) is 17.8 Å². The van der Waals surface area contributed by atoms with Gasteiger partial charge in [-0.3, -0.25) is 5.32 Å². The number of anilines is 1. The largest absolute Gasteiger partial charge is 1.00 e. The first-order valence-corrected chi connectivity index (χ1v) is 13.4. The van der Waals surface area contributed by atoms with Gasteiger partial charge in [-0.15, -0.1) is 5.10 Å². The maximum Gasteiger partial charge on any atom is 0.422 e. The van der Waals surface area contributed by atoms with Crippen molar-refractivity contribution < 1.29 is 40.9 Å². The number of nitrogens with one attached hydrogen (secondary N) is 1. The van der Waals surface area contributed by atoms with Crippen LogP contribution in [0.3, 0.4) is 0 Å². The molecule has 3 saturated heterocycles. The Bertz CT molecular complexity index is 847. The average Bonchev–Trinajstić information content (AvgIpc) is 2.90. The quantitative estimate of drug-likeness (QED) is 0.420. The van der Waals surface area contributed by atoms with Gasteiger partial charge in [-0.05, 0) is 49.7 Å². The lowest BCUT2D eigenvalue weighted by Gasteiger charge is -2.50. The summed E-state index contributed by atoms with van der Waals surface area (Å²) in [4.78, 5) is 27.0. The Balaban J connectivity index is 0.00000289. The standard InChI is InChI=1S/C26H38N4O4.BrH/c31-24(26(33,20-8-3-1-4-9-20)21-10-5-2-6-11-21)34-22-18-30(16-13-19(22)14-17-30)25(32)28-23-12-7-15-27-29-23;/h7,12,15,19-22,33H,1-6,8-11,13-14,16-18H2;1H/t19?,22-,30?;/m0./s1. The van der Waals surface area contributed by atoms with Crippen LogP contribution in [0.2, 0.25) is 0 Å². The number of amides is 2. The number of aliphatic hydroxyl groups is 1. The van der Waals surface area contributed by atoms with Crippen LogP contribution < -0.4 is 22.3 Å². The number of carbonyl (C=O) groups excluding carboxylic acids is 2. The van der Waals surface area contributed by atoms with Crippen LogP contribution in [0.4, 0.5) is 10.6 Å². The third-order valence-electron chi connectivity index (χ3n) is 9.19. The summed E-state index contributed by atoms with van der Waals surface area (Å²) in [6, 6.07) is 3.35. The molecule has 2 bridgehead atoms. The van der Waals surface area contributed by atoms with Gasteiger partial charge in [-0.2, -0.15) is 5.10 Å². The Kier molecular flexibility index (Phi) is 8.49. The third kappa shape index (κ3) is 5.27. The van der Waals surface area contributed by atoms with Gasteiger partial charge in [0, 0.05) is 25.0 Å². The van der Waals surface area contributed by atoms with E-state index < -0.39 is 11.6 Å². The van der Waals surface area contributed by atoms with Crippen LogP contribution in [0.5, 0.6) is 0 Å². The van der Waals surface area contributed by atoms with E-state index in [1.807, 2.05) is 0 Å². The molecule has 1 aromatic heterocycles. The van der Waals surface area contributed by atoms with Gasteiger partial charge in [0.2, 0.25) is 0 Å². The van der Waals surface area contributed by atoms with E-state index in [2.05, 4.69) is 15.5 Å². The summed E-state index contributed by atoms with van der Waals surface area (Å²) >= 11 is 0. The van der Waals surface area contributed by atoms with Crippen LogP contribution in [0.1, 0.15) is 77.0 Å². The van der Waals surface area contributed by atoms with Crippen LogP contribution in [0.15, 0.2) is 18.3 Å². The molecule has 1 atom stereocenters. The van der Waals surface area contributed by atoms with E-state index in [9.17, 15) is 14.7 Å². The molecule has 5 fully saturated rings. The van der Waals surface area contributed by atoms with Crippen molar-refractivity contribution in [3.63, 3.8) is 0 Å². The van der Waals surface area contributed by atoms with Gasteiger partial charge in [-0.25, -0.2) is 14.1 Å². The molecule has 4 heterocycles. The first kappa shape index (κ1) is 26.5. The first-order valence-electron chi connectivity index (χ1n) is 13.4. The van der Waals surface area contributed by atoms with Gasteiger partial charge in [0.1, 0.15) is 6.54 Å². The Morgan fingerprint density at radius 1 is 0.971 bits per heavy atom. The minimum atomic E-state index is -1.39. The summed E-state index contributed by atoms with van der Waals surface area (Å²) in [5.41, 5.74) is -1.39. The monoisotopic (exact) mass is 550 g/mol. The van der Waals surface area contributed by atoms with Gasteiger partial charge < -0.3 is 26.8 Å². The van der Waals surface area contributed by atoms with Crippen molar-refractivity contribution >= 4 is 17.8 Å². The molecule has 5 aliphatic rings. The van der Waals surface area contributed by atoms with Crippen LogP contribution in [-0.2, 0) is 9.53 Å². The molecule has 3 aliphatic heterocycles. The highest BCUT2D eigenvalue weighted by Crippen LogP contribution is 2.45. The van der Waals surface area contributed by atoms with Crippen molar-refractivity contribution in [2.24, 2.45) is 17.8 Å². The fourth-order valence-corrected chi connectivity index (χ4v) is 7.13. The number of halogens is 1. The number of piperidine rings is 3. The highest BCUT2D eigenvalue weighted by atomic mass is 79.9. The van der Waals surface area contributed by atoms with Crippen molar-refractivity contribution in [3.8, 4) is 0 Å². The van der Waals surface area contributed by atoms with E-state index in [0.717, 1.165) is 77.3 Å². The van der Waals surface area contributed by atoms with E-state index in [1.165, 1.54) is 12.8 Å². The Labute approximate surface area is 218 Å². The number of quaternary nitrogens is 1. The molecular weight excluding hydrogens is 512 g/mol. The van der Waals surface area contributed by atoms with E-state index >= 15 is 0 Å². The topological polar surface area (TPSA) is 101 Å². The molecule has 2 amide bonds. The summed E-state index contributed by atoms with van der Waals surface area (Å²) in [6.07, 6.45) is 13.2. The van der Waals surface area contributed by atoms with Gasteiger partial charge in [0.05, 0.1) is 13.1 Å². The Hall–Kier alpha value is -1.58. The lowest BCUT2D eigenvalue weighted by Crippen LogP contribution is -3.00. The number of rotatable bonds is 5. The van der Waals surface area contributed by atoms with Gasteiger partial charge >= 0.3 is 12.0 Å². The zero-order chi connectivity index (χ0) is 23.6. The molecule has 9 heteroatoms. The number of carbonyl (C=O) groups is 2. The number of hydrogen-bond donors (Lipinski definition) is 2. The Morgan fingerprint density at radius 2 is 1.57 bits per heavy atom. The number of urea groups is 1. The molecule has 2 aliphatic carbocycles. The highest BCUT2D eigenvalue weighted by Gasteiger charge is 2.56. The second kappa shape index (κ2) is 11.2. The minimum Gasteiger partial charge on any atom is -1.00 e. The highest BCUT2D eigenvalue weighted by molar-refractivity contribution is 5.83. The average molecular weight is 552 g/mol. The number of ether oxygens (including phenoxy) is 1. The van der Waals surface area contributed by atoms with Crippen LogP contribution in [0.25, 0.3) is 0 Å². The van der Waals surface area contributed by atoms with E-state index in [4.69, 9.17) is 4.74 Å². The maximum atomic E-state index is 13.8. The predicted octanol–water partition coefficient (Wildman–Crippen LogP) is 1.06. The summed E-state index contributed by atoms with van der Waals surface area (Å²) in [6.45, 7) is 1.94. The van der Waals surface area contributed by atoms with E-state index in [0.29, 0.717) is 12.4 Å². The number of nitrogens with zero attached hydrogens (tertiary/aromatic N) is 3. The van der Waals surface area contributed by atoms with Crippen LogP contribution >= 0.6 is 0 Å². The molecule has 0 unspecified atom stereocenters. The lowest BCUT2D eigenvalue weighted by molar-refractivity contribution is -0.869. The summed E-state index contributed by atoms with van der Waals surface area (Å²) < 4.78 is 6.46. The van der Waals surface area contributed by atoms with Gasteiger partial charge in [-0.1, -0.05) is 38.5 Å². The molecule has 6 rings (SSSR count). The van der Waals surface area contributed by atoms with Crippen LogP contribution in [-0.4, -0.2) is 63.1 Å². The van der Waals surface area contributed by atoms with Crippen molar-refractivity contribution in [1.82, 2.24) is 10.2 Å². The molecule has 194 valence electrons. The number of esters is 1. The van der Waals surface area contributed by atoms with Gasteiger partial charge in [0.15, 0.2) is 17.5 Å².